The van der Waals surface area contributed by atoms with Gasteiger partial charge in [0.1, 0.15) is 12.4 Å². The van der Waals surface area contributed by atoms with E-state index in [1.54, 1.807) is 7.11 Å². The summed E-state index contributed by atoms with van der Waals surface area (Å²) >= 11 is 0. The zero-order chi connectivity index (χ0) is 13.2. The van der Waals surface area contributed by atoms with Gasteiger partial charge in [-0.2, -0.15) is 0 Å². The number of rotatable bonds is 8. The summed E-state index contributed by atoms with van der Waals surface area (Å²) in [5, 5.41) is 0. The van der Waals surface area contributed by atoms with Gasteiger partial charge >= 0.3 is 5.97 Å². The highest BCUT2D eigenvalue weighted by Crippen LogP contribution is 2.13. The Kier molecular flexibility index (Phi) is 6.87. The smallest absolute Gasteiger partial charge is 0.332 e. The normalized spacial score (nSPS) is 10.1. The number of unbranched alkanes of at least 4 members (excludes halogenated alkanes) is 1. The van der Waals surface area contributed by atoms with Crippen LogP contribution < -0.4 is 4.74 Å². The van der Waals surface area contributed by atoms with E-state index < -0.39 is 0 Å². The van der Waals surface area contributed by atoms with Crippen LogP contribution in [-0.2, 0) is 20.9 Å². The SMILES string of the molecule is CCCCOC(=O)COCc1cccc(OC)c1. The molecule has 18 heavy (non-hydrogen) atoms. The van der Waals surface area contributed by atoms with Crippen LogP contribution in [0.5, 0.6) is 5.75 Å². The molecule has 0 aliphatic carbocycles. The molecular formula is C14H20O4. The topological polar surface area (TPSA) is 44.8 Å². The molecule has 100 valence electrons. The molecule has 0 radical (unpaired) electrons. The van der Waals surface area contributed by atoms with Crippen molar-refractivity contribution in [3.63, 3.8) is 0 Å². The maximum absolute atomic E-state index is 11.3. The molecule has 0 fully saturated rings. The third kappa shape index (κ3) is 5.68. The van der Waals surface area contributed by atoms with Crippen molar-refractivity contribution in [2.45, 2.75) is 26.4 Å². The standard InChI is InChI=1S/C14H20O4/c1-3-4-8-18-14(15)11-17-10-12-6-5-7-13(9-12)16-2/h5-7,9H,3-4,8,10-11H2,1-2H3. The van der Waals surface area contributed by atoms with Gasteiger partial charge in [-0.1, -0.05) is 25.5 Å². The van der Waals surface area contributed by atoms with E-state index in [1.165, 1.54) is 0 Å². The Balaban J connectivity index is 2.22. The number of carbonyl (C=O) groups is 1. The highest BCUT2D eigenvalue weighted by atomic mass is 16.6. The summed E-state index contributed by atoms with van der Waals surface area (Å²) in [6, 6.07) is 7.55. The second-order valence-electron chi connectivity index (χ2n) is 3.92. The van der Waals surface area contributed by atoms with Gasteiger partial charge in [0.15, 0.2) is 0 Å². The Bertz CT molecular complexity index is 363. The first-order valence-electron chi connectivity index (χ1n) is 6.12. The molecule has 4 nitrogen and oxygen atoms in total. The number of carbonyl (C=O) groups excluding carboxylic acids is 1. The lowest BCUT2D eigenvalue weighted by Gasteiger charge is -2.06. The summed E-state index contributed by atoms with van der Waals surface area (Å²) in [7, 11) is 1.62. The number of benzene rings is 1. The van der Waals surface area contributed by atoms with Crippen molar-refractivity contribution in [1.82, 2.24) is 0 Å². The van der Waals surface area contributed by atoms with Gasteiger partial charge in [0.2, 0.25) is 0 Å². The van der Waals surface area contributed by atoms with E-state index in [-0.39, 0.29) is 12.6 Å². The van der Waals surface area contributed by atoms with E-state index in [0.29, 0.717) is 13.2 Å². The van der Waals surface area contributed by atoms with Gasteiger partial charge in [-0.15, -0.1) is 0 Å². The second kappa shape index (κ2) is 8.53. The van der Waals surface area contributed by atoms with E-state index in [0.717, 1.165) is 24.2 Å². The number of hydrogen-bond donors (Lipinski definition) is 0. The van der Waals surface area contributed by atoms with E-state index in [4.69, 9.17) is 14.2 Å². The molecule has 0 N–H and O–H groups in total. The monoisotopic (exact) mass is 252 g/mol. The summed E-state index contributed by atoms with van der Waals surface area (Å²) in [5.74, 6) is 0.466. The van der Waals surface area contributed by atoms with Gasteiger partial charge in [-0.3, -0.25) is 0 Å². The number of ether oxygens (including phenoxy) is 3. The van der Waals surface area contributed by atoms with Crippen molar-refractivity contribution >= 4 is 5.97 Å². The Morgan fingerprint density at radius 1 is 1.33 bits per heavy atom. The van der Waals surface area contributed by atoms with Crippen LogP contribution in [0.25, 0.3) is 0 Å². The fourth-order valence-electron chi connectivity index (χ4n) is 1.39. The van der Waals surface area contributed by atoms with E-state index in [1.807, 2.05) is 31.2 Å². The van der Waals surface area contributed by atoms with Gasteiger partial charge in [0.25, 0.3) is 0 Å². The molecule has 0 heterocycles. The minimum atomic E-state index is -0.314. The highest BCUT2D eigenvalue weighted by molar-refractivity contribution is 5.70. The van der Waals surface area contributed by atoms with Crippen molar-refractivity contribution in [3.05, 3.63) is 29.8 Å². The molecule has 1 aromatic carbocycles. The molecule has 0 aliphatic heterocycles. The molecule has 0 saturated carbocycles. The Hall–Kier alpha value is -1.55. The fraction of sp³-hybridized carbons (Fsp3) is 0.500. The molecule has 0 saturated heterocycles. The van der Waals surface area contributed by atoms with Crippen LogP contribution >= 0.6 is 0 Å². The van der Waals surface area contributed by atoms with E-state index in [2.05, 4.69) is 0 Å². The molecule has 1 rings (SSSR count). The molecular weight excluding hydrogens is 232 g/mol. The average Bonchev–Trinajstić information content (AvgIpc) is 2.39. The van der Waals surface area contributed by atoms with Gasteiger partial charge in [0.05, 0.1) is 20.3 Å². The first-order valence-corrected chi connectivity index (χ1v) is 6.12. The molecule has 0 unspecified atom stereocenters. The minimum Gasteiger partial charge on any atom is -0.497 e. The Morgan fingerprint density at radius 3 is 2.89 bits per heavy atom. The second-order valence-corrected chi connectivity index (χ2v) is 3.92. The van der Waals surface area contributed by atoms with Crippen molar-refractivity contribution < 1.29 is 19.0 Å². The van der Waals surface area contributed by atoms with Crippen LogP contribution in [-0.4, -0.2) is 26.3 Å². The molecule has 0 atom stereocenters. The van der Waals surface area contributed by atoms with Crippen LogP contribution in [0.1, 0.15) is 25.3 Å². The minimum absolute atomic E-state index is 0.0130. The lowest BCUT2D eigenvalue weighted by molar-refractivity contribution is -0.149. The van der Waals surface area contributed by atoms with Crippen LogP contribution in [0, 0.1) is 0 Å². The molecule has 0 aromatic heterocycles. The lowest BCUT2D eigenvalue weighted by Crippen LogP contribution is -2.13. The van der Waals surface area contributed by atoms with E-state index in [9.17, 15) is 4.79 Å². The maximum atomic E-state index is 11.3. The maximum Gasteiger partial charge on any atom is 0.332 e. The number of hydrogen-bond acceptors (Lipinski definition) is 4. The number of methoxy groups -OCH3 is 1. The summed E-state index contributed by atoms with van der Waals surface area (Å²) in [4.78, 5) is 11.3. The molecule has 0 bridgehead atoms. The first kappa shape index (κ1) is 14.5. The molecule has 0 spiro atoms. The van der Waals surface area contributed by atoms with Crippen molar-refractivity contribution in [1.29, 1.82) is 0 Å². The lowest BCUT2D eigenvalue weighted by atomic mass is 10.2. The zero-order valence-electron chi connectivity index (χ0n) is 11.0. The van der Waals surface area contributed by atoms with Crippen LogP contribution in [0.2, 0.25) is 0 Å². The summed E-state index contributed by atoms with van der Waals surface area (Å²) in [6.07, 6.45) is 1.90. The fourth-order valence-corrected chi connectivity index (χ4v) is 1.39. The van der Waals surface area contributed by atoms with Gasteiger partial charge < -0.3 is 14.2 Å². The summed E-state index contributed by atoms with van der Waals surface area (Å²) < 4.78 is 15.4. The zero-order valence-corrected chi connectivity index (χ0v) is 11.0. The van der Waals surface area contributed by atoms with Crippen molar-refractivity contribution in [2.24, 2.45) is 0 Å². The Labute approximate surface area is 108 Å². The molecule has 0 amide bonds. The van der Waals surface area contributed by atoms with Crippen LogP contribution in [0.4, 0.5) is 0 Å². The quantitative estimate of drug-likeness (QED) is 0.527. The van der Waals surface area contributed by atoms with Crippen LogP contribution in [0.15, 0.2) is 24.3 Å². The summed E-state index contributed by atoms with van der Waals surface area (Å²) in [5.41, 5.74) is 0.968. The van der Waals surface area contributed by atoms with Crippen LogP contribution in [0.3, 0.4) is 0 Å². The van der Waals surface area contributed by atoms with Gasteiger partial charge in [0, 0.05) is 0 Å². The summed E-state index contributed by atoms with van der Waals surface area (Å²) in [6.45, 7) is 2.88. The first-order chi connectivity index (χ1) is 8.76. The predicted molar refractivity (Wildman–Crippen MR) is 68.5 cm³/mol. The van der Waals surface area contributed by atoms with Gasteiger partial charge in [-0.05, 0) is 24.1 Å². The van der Waals surface area contributed by atoms with Crippen molar-refractivity contribution in [2.75, 3.05) is 20.3 Å². The van der Waals surface area contributed by atoms with Gasteiger partial charge in [-0.25, -0.2) is 4.79 Å². The highest BCUT2D eigenvalue weighted by Gasteiger charge is 2.03. The van der Waals surface area contributed by atoms with Crippen molar-refractivity contribution in [3.8, 4) is 5.75 Å². The molecule has 1 aromatic rings. The predicted octanol–water partition coefficient (Wildman–Crippen LogP) is 2.56. The van der Waals surface area contributed by atoms with E-state index >= 15 is 0 Å². The third-order valence-corrected chi connectivity index (χ3v) is 2.38. The average molecular weight is 252 g/mol. The Morgan fingerprint density at radius 2 is 2.17 bits per heavy atom. The largest absolute Gasteiger partial charge is 0.497 e. The molecule has 0 aliphatic rings. The third-order valence-electron chi connectivity index (χ3n) is 2.38. The number of esters is 1. The molecule has 4 heteroatoms.